The second-order valence-corrected chi connectivity index (χ2v) is 5.84. The standard InChI is InChI=1S/C16H21N5O2/c1-20(2)15-8-14(19-23-15)16(22)18-13-9-17-21(11-13)10-12-6-4-3-5-7-12/h3-8,13,17H,9-11H2,1-2H3,(H,18,22). The number of benzene rings is 1. The van der Waals surface area contributed by atoms with Crippen molar-refractivity contribution in [1.29, 1.82) is 0 Å². The monoisotopic (exact) mass is 315 g/mol. The molecule has 1 aliphatic rings. The molecular weight excluding hydrogens is 294 g/mol. The lowest BCUT2D eigenvalue weighted by atomic mass is 10.2. The first-order valence-electron chi connectivity index (χ1n) is 7.59. The van der Waals surface area contributed by atoms with E-state index in [9.17, 15) is 4.79 Å². The molecule has 23 heavy (non-hydrogen) atoms. The van der Waals surface area contributed by atoms with Crippen LogP contribution in [0.4, 0.5) is 5.88 Å². The van der Waals surface area contributed by atoms with Crippen LogP contribution < -0.4 is 15.6 Å². The number of hydrogen-bond acceptors (Lipinski definition) is 6. The maximum Gasteiger partial charge on any atom is 0.273 e. The summed E-state index contributed by atoms with van der Waals surface area (Å²) < 4.78 is 5.10. The molecule has 1 saturated heterocycles. The van der Waals surface area contributed by atoms with Crippen molar-refractivity contribution in [1.82, 2.24) is 20.9 Å². The highest BCUT2D eigenvalue weighted by atomic mass is 16.5. The van der Waals surface area contributed by atoms with Crippen molar-refractivity contribution in [2.24, 2.45) is 0 Å². The number of hydrazine groups is 1. The molecule has 1 aromatic heterocycles. The summed E-state index contributed by atoms with van der Waals surface area (Å²) in [4.78, 5) is 14.0. The van der Waals surface area contributed by atoms with Crippen molar-refractivity contribution in [3.05, 3.63) is 47.7 Å². The third-order valence-corrected chi connectivity index (χ3v) is 3.72. The van der Waals surface area contributed by atoms with Crippen LogP contribution in [-0.4, -0.2) is 49.3 Å². The Morgan fingerprint density at radius 3 is 2.91 bits per heavy atom. The predicted molar refractivity (Wildman–Crippen MR) is 86.9 cm³/mol. The molecule has 3 rings (SSSR count). The number of rotatable bonds is 5. The number of nitrogens with zero attached hydrogens (tertiary/aromatic N) is 3. The molecule has 0 spiro atoms. The highest BCUT2D eigenvalue weighted by molar-refractivity contribution is 5.93. The molecule has 2 aromatic rings. The molecule has 7 nitrogen and oxygen atoms in total. The fourth-order valence-corrected chi connectivity index (χ4v) is 2.50. The van der Waals surface area contributed by atoms with Crippen LogP contribution in [0.1, 0.15) is 16.1 Å². The third kappa shape index (κ3) is 3.88. The van der Waals surface area contributed by atoms with E-state index in [1.165, 1.54) is 5.56 Å². The van der Waals surface area contributed by atoms with Gasteiger partial charge < -0.3 is 14.7 Å². The number of carbonyl (C=O) groups is 1. The largest absolute Gasteiger partial charge is 0.347 e. The van der Waals surface area contributed by atoms with Crippen molar-refractivity contribution < 1.29 is 9.32 Å². The Labute approximate surface area is 135 Å². The van der Waals surface area contributed by atoms with Crippen molar-refractivity contribution in [2.75, 3.05) is 32.1 Å². The van der Waals surface area contributed by atoms with Gasteiger partial charge in [-0.15, -0.1) is 0 Å². The summed E-state index contributed by atoms with van der Waals surface area (Å²) >= 11 is 0. The quantitative estimate of drug-likeness (QED) is 0.852. The van der Waals surface area contributed by atoms with E-state index in [1.54, 1.807) is 11.0 Å². The highest BCUT2D eigenvalue weighted by Gasteiger charge is 2.25. The van der Waals surface area contributed by atoms with Gasteiger partial charge in [0.15, 0.2) is 5.69 Å². The van der Waals surface area contributed by atoms with Crippen LogP contribution in [0.2, 0.25) is 0 Å². The van der Waals surface area contributed by atoms with Gasteiger partial charge in [-0.25, -0.2) is 5.01 Å². The van der Waals surface area contributed by atoms with Crippen molar-refractivity contribution in [3.8, 4) is 0 Å². The second kappa shape index (κ2) is 6.80. The summed E-state index contributed by atoms with van der Waals surface area (Å²) in [7, 11) is 3.68. The van der Waals surface area contributed by atoms with Crippen LogP contribution in [0.3, 0.4) is 0 Å². The summed E-state index contributed by atoms with van der Waals surface area (Å²) in [5.41, 5.74) is 4.84. The lowest BCUT2D eigenvalue weighted by molar-refractivity contribution is 0.0930. The highest BCUT2D eigenvalue weighted by Crippen LogP contribution is 2.13. The lowest BCUT2D eigenvalue weighted by Gasteiger charge is -2.15. The number of amides is 1. The molecule has 1 amide bonds. The second-order valence-electron chi connectivity index (χ2n) is 5.84. The minimum atomic E-state index is -0.213. The van der Waals surface area contributed by atoms with Gasteiger partial charge in [0.05, 0.1) is 6.04 Å². The summed E-state index contributed by atoms with van der Waals surface area (Å²) in [5, 5.41) is 8.89. The maximum atomic E-state index is 12.2. The molecule has 2 heterocycles. The van der Waals surface area contributed by atoms with Gasteiger partial charge in [-0.05, 0) is 5.56 Å². The Kier molecular flexibility index (Phi) is 4.59. The normalized spacial score (nSPS) is 18.1. The van der Waals surface area contributed by atoms with E-state index in [4.69, 9.17) is 4.52 Å². The first-order valence-corrected chi connectivity index (χ1v) is 7.59. The minimum Gasteiger partial charge on any atom is -0.347 e. The van der Waals surface area contributed by atoms with Gasteiger partial charge in [-0.1, -0.05) is 35.5 Å². The minimum absolute atomic E-state index is 0.0470. The van der Waals surface area contributed by atoms with Crippen LogP contribution in [0, 0.1) is 0 Å². The van der Waals surface area contributed by atoms with Crippen molar-refractivity contribution in [3.63, 3.8) is 0 Å². The Bertz CT molecular complexity index is 656. The van der Waals surface area contributed by atoms with E-state index in [-0.39, 0.29) is 11.9 Å². The van der Waals surface area contributed by atoms with Gasteiger partial charge >= 0.3 is 0 Å². The van der Waals surface area contributed by atoms with E-state index >= 15 is 0 Å². The molecule has 0 radical (unpaired) electrons. The van der Waals surface area contributed by atoms with Gasteiger partial charge in [0.1, 0.15) is 0 Å². The zero-order valence-corrected chi connectivity index (χ0v) is 13.3. The van der Waals surface area contributed by atoms with Crippen LogP contribution in [-0.2, 0) is 6.54 Å². The van der Waals surface area contributed by atoms with Gasteiger partial charge in [-0.3, -0.25) is 10.2 Å². The van der Waals surface area contributed by atoms with Gasteiger partial charge in [0.25, 0.3) is 5.91 Å². The van der Waals surface area contributed by atoms with Crippen molar-refractivity contribution >= 4 is 11.8 Å². The molecule has 1 aromatic carbocycles. The topological polar surface area (TPSA) is 73.6 Å². The average Bonchev–Trinajstić information content (AvgIpc) is 3.18. The number of carbonyl (C=O) groups excluding carboxylic acids is 1. The van der Waals surface area contributed by atoms with E-state index in [2.05, 4.69) is 33.0 Å². The predicted octanol–water partition coefficient (Wildman–Crippen LogP) is 0.859. The smallest absolute Gasteiger partial charge is 0.273 e. The van der Waals surface area contributed by atoms with Crippen LogP contribution in [0.15, 0.2) is 40.9 Å². The van der Waals surface area contributed by atoms with Crippen LogP contribution >= 0.6 is 0 Å². The molecule has 0 aliphatic carbocycles. The molecule has 1 atom stereocenters. The number of aromatic nitrogens is 1. The van der Waals surface area contributed by atoms with E-state index in [0.29, 0.717) is 18.1 Å². The number of anilines is 1. The van der Waals surface area contributed by atoms with Crippen LogP contribution in [0.5, 0.6) is 0 Å². The third-order valence-electron chi connectivity index (χ3n) is 3.72. The molecule has 1 aliphatic heterocycles. The molecule has 7 heteroatoms. The average molecular weight is 315 g/mol. The van der Waals surface area contributed by atoms with Gasteiger partial charge in [0, 0.05) is 39.8 Å². The molecule has 1 fully saturated rings. The van der Waals surface area contributed by atoms with Gasteiger partial charge in [-0.2, -0.15) is 0 Å². The summed E-state index contributed by atoms with van der Waals surface area (Å²) in [6.45, 7) is 2.26. The summed E-state index contributed by atoms with van der Waals surface area (Å²) in [5.74, 6) is 0.348. The fourth-order valence-electron chi connectivity index (χ4n) is 2.50. The molecule has 0 bridgehead atoms. The van der Waals surface area contributed by atoms with Crippen molar-refractivity contribution in [2.45, 2.75) is 12.6 Å². The molecular formula is C16H21N5O2. The van der Waals surface area contributed by atoms with E-state index < -0.39 is 0 Å². The van der Waals surface area contributed by atoms with Crippen LogP contribution in [0.25, 0.3) is 0 Å². The first-order chi connectivity index (χ1) is 11.1. The zero-order valence-electron chi connectivity index (χ0n) is 13.3. The Morgan fingerprint density at radius 1 is 1.43 bits per heavy atom. The Morgan fingerprint density at radius 2 is 2.22 bits per heavy atom. The molecule has 122 valence electrons. The fraction of sp³-hybridized carbons (Fsp3) is 0.375. The summed E-state index contributed by atoms with van der Waals surface area (Å²) in [6.07, 6.45) is 0. The van der Waals surface area contributed by atoms with Gasteiger partial charge in [0.2, 0.25) is 5.88 Å². The summed E-state index contributed by atoms with van der Waals surface area (Å²) in [6, 6.07) is 11.9. The molecule has 1 unspecified atom stereocenters. The zero-order chi connectivity index (χ0) is 16.2. The Hall–Kier alpha value is -2.38. The van der Waals surface area contributed by atoms with E-state index in [0.717, 1.165) is 13.1 Å². The molecule has 2 N–H and O–H groups in total. The van der Waals surface area contributed by atoms with E-state index in [1.807, 2.05) is 32.3 Å². The Balaban J connectivity index is 1.52. The maximum absolute atomic E-state index is 12.2. The number of hydrogen-bond donors (Lipinski definition) is 2. The molecule has 0 saturated carbocycles. The number of nitrogens with one attached hydrogen (secondary N) is 2. The SMILES string of the molecule is CN(C)c1cc(C(=O)NC2CNN(Cc3ccccc3)C2)no1. The lowest BCUT2D eigenvalue weighted by Crippen LogP contribution is -2.38. The first kappa shape index (κ1) is 15.5.